The van der Waals surface area contributed by atoms with Gasteiger partial charge in [-0.15, -0.1) is 10.2 Å². The lowest BCUT2D eigenvalue weighted by molar-refractivity contribution is 0.839. The van der Waals surface area contributed by atoms with Crippen LogP contribution in [0.4, 0.5) is 0 Å². The first kappa shape index (κ1) is 13.4. The first-order valence-electron chi connectivity index (χ1n) is 7.37. The zero-order chi connectivity index (χ0) is 14.9. The van der Waals surface area contributed by atoms with E-state index < -0.39 is 0 Å². The summed E-state index contributed by atoms with van der Waals surface area (Å²) in [6.45, 7) is 2.93. The number of hydrogen-bond acceptors (Lipinski definition) is 3. The molecule has 4 nitrogen and oxygen atoms in total. The van der Waals surface area contributed by atoms with Crippen LogP contribution in [0.2, 0.25) is 0 Å². The molecule has 4 aromatic rings. The van der Waals surface area contributed by atoms with Crippen molar-refractivity contribution in [1.82, 2.24) is 19.2 Å². The van der Waals surface area contributed by atoms with Crippen molar-refractivity contribution in [3.63, 3.8) is 0 Å². The maximum absolute atomic E-state index is 4.43. The minimum Gasteiger partial charge on any atom is -0.304 e. The fourth-order valence-corrected chi connectivity index (χ4v) is 3.45. The van der Waals surface area contributed by atoms with Gasteiger partial charge in [-0.25, -0.2) is 0 Å². The number of aromatic nitrogens is 4. The van der Waals surface area contributed by atoms with Crippen LogP contribution >= 0.6 is 11.8 Å². The van der Waals surface area contributed by atoms with Crippen molar-refractivity contribution in [2.75, 3.05) is 5.75 Å². The normalized spacial score (nSPS) is 11.5. The highest BCUT2D eigenvalue weighted by atomic mass is 32.2. The molecule has 0 atom stereocenters. The lowest BCUT2D eigenvalue weighted by atomic mass is 10.2. The monoisotopic (exact) mass is 308 g/mol. The molecule has 0 N–H and O–H groups in total. The Morgan fingerprint density at radius 3 is 2.41 bits per heavy atom. The van der Waals surface area contributed by atoms with Gasteiger partial charge in [-0.3, -0.25) is 4.40 Å². The SMILES string of the molecule is CCSc1nnc2n(Cc3ccccc3)c3ccccc3n12. The number of rotatable bonds is 4. The molecule has 4 rings (SSSR count). The van der Waals surface area contributed by atoms with Crippen molar-refractivity contribution >= 4 is 28.6 Å². The molecule has 0 unspecified atom stereocenters. The summed E-state index contributed by atoms with van der Waals surface area (Å²) >= 11 is 1.72. The van der Waals surface area contributed by atoms with Gasteiger partial charge in [0.1, 0.15) is 0 Å². The van der Waals surface area contributed by atoms with Crippen molar-refractivity contribution in [2.45, 2.75) is 18.6 Å². The Morgan fingerprint density at radius 1 is 0.909 bits per heavy atom. The highest BCUT2D eigenvalue weighted by molar-refractivity contribution is 7.99. The van der Waals surface area contributed by atoms with Gasteiger partial charge in [-0.2, -0.15) is 0 Å². The molecule has 0 aliphatic carbocycles. The third-order valence-electron chi connectivity index (χ3n) is 3.73. The second-order valence-corrected chi connectivity index (χ2v) is 6.34. The van der Waals surface area contributed by atoms with E-state index in [0.29, 0.717) is 0 Å². The van der Waals surface area contributed by atoms with Crippen LogP contribution in [-0.4, -0.2) is 24.9 Å². The molecule has 0 bridgehead atoms. The summed E-state index contributed by atoms with van der Waals surface area (Å²) in [6, 6.07) is 18.9. The molecular formula is C17H16N4S. The molecule has 110 valence electrons. The second kappa shape index (κ2) is 5.50. The summed E-state index contributed by atoms with van der Waals surface area (Å²) in [7, 11) is 0. The van der Waals surface area contributed by atoms with E-state index in [9.17, 15) is 0 Å². The van der Waals surface area contributed by atoms with E-state index in [2.05, 4.69) is 74.6 Å². The molecule has 0 aliphatic rings. The van der Waals surface area contributed by atoms with E-state index >= 15 is 0 Å². The molecular weight excluding hydrogens is 292 g/mol. The van der Waals surface area contributed by atoms with E-state index in [1.54, 1.807) is 11.8 Å². The molecule has 0 saturated heterocycles. The Morgan fingerprint density at radius 2 is 1.64 bits per heavy atom. The van der Waals surface area contributed by atoms with Gasteiger partial charge < -0.3 is 4.57 Å². The van der Waals surface area contributed by atoms with Crippen LogP contribution in [0, 0.1) is 0 Å². The highest BCUT2D eigenvalue weighted by Crippen LogP contribution is 2.26. The van der Waals surface area contributed by atoms with Crippen LogP contribution in [0.15, 0.2) is 59.8 Å². The summed E-state index contributed by atoms with van der Waals surface area (Å²) in [5.74, 6) is 1.89. The highest BCUT2D eigenvalue weighted by Gasteiger charge is 2.16. The number of para-hydroxylation sites is 2. The van der Waals surface area contributed by atoms with Crippen LogP contribution in [0.25, 0.3) is 16.8 Å². The Hall–Kier alpha value is -2.27. The van der Waals surface area contributed by atoms with Gasteiger partial charge in [0.2, 0.25) is 5.78 Å². The zero-order valence-corrected chi connectivity index (χ0v) is 13.1. The standard InChI is InChI=1S/C17H16N4S/c1-2-22-17-19-18-16-20(12-13-8-4-3-5-9-13)14-10-6-7-11-15(14)21(16)17/h3-11H,2,12H2,1H3. The van der Waals surface area contributed by atoms with E-state index in [-0.39, 0.29) is 0 Å². The Labute approximate surface area is 132 Å². The first-order chi connectivity index (χ1) is 10.9. The lowest BCUT2D eigenvalue weighted by Gasteiger charge is -2.04. The van der Waals surface area contributed by atoms with E-state index in [4.69, 9.17) is 0 Å². The number of nitrogens with zero attached hydrogens (tertiary/aromatic N) is 4. The van der Waals surface area contributed by atoms with Crippen molar-refractivity contribution in [1.29, 1.82) is 0 Å². The van der Waals surface area contributed by atoms with Crippen molar-refractivity contribution in [3.8, 4) is 0 Å². The number of benzene rings is 2. The molecule has 22 heavy (non-hydrogen) atoms. The van der Waals surface area contributed by atoms with Crippen LogP contribution in [-0.2, 0) is 6.54 Å². The molecule has 2 aromatic heterocycles. The molecule has 2 aromatic carbocycles. The summed E-state index contributed by atoms with van der Waals surface area (Å²) in [4.78, 5) is 0. The predicted octanol–water partition coefficient (Wildman–Crippen LogP) is 3.84. The molecule has 0 spiro atoms. The summed E-state index contributed by atoms with van der Waals surface area (Å²) in [5.41, 5.74) is 3.61. The van der Waals surface area contributed by atoms with Crippen molar-refractivity contribution in [3.05, 3.63) is 60.2 Å². The molecule has 0 fully saturated rings. The fourth-order valence-electron chi connectivity index (χ4n) is 2.78. The number of hydrogen-bond donors (Lipinski definition) is 0. The Bertz CT molecular complexity index is 924. The van der Waals surface area contributed by atoms with Gasteiger partial charge in [0.05, 0.1) is 17.6 Å². The van der Waals surface area contributed by atoms with Gasteiger partial charge in [0.15, 0.2) is 5.16 Å². The van der Waals surface area contributed by atoms with Gasteiger partial charge in [0, 0.05) is 0 Å². The maximum Gasteiger partial charge on any atom is 0.237 e. The largest absolute Gasteiger partial charge is 0.304 e. The minimum atomic E-state index is 0.798. The predicted molar refractivity (Wildman–Crippen MR) is 90.4 cm³/mol. The molecule has 0 radical (unpaired) electrons. The summed E-state index contributed by atoms with van der Waals surface area (Å²) in [5, 5.41) is 9.74. The minimum absolute atomic E-state index is 0.798. The number of thioether (sulfide) groups is 1. The van der Waals surface area contributed by atoms with Crippen molar-refractivity contribution in [2.24, 2.45) is 0 Å². The van der Waals surface area contributed by atoms with Crippen LogP contribution in [0.5, 0.6) is 0 Å². The first-order valence-corrected chi connectivity index (χ1v) is 8.36. The van der Waals surface area contributed by atoms with Gasteiger partial charge in [-0.1, -0.05) is 61.2 Å². The molecule has 0 aliphatic heterocycles. The maximum atomic E-state index is 4.43. The van der Waals surface area contributed by atoms with Crippen LogP contribution in [0.3, 0.4) is 0 Å². The van der Waals surface area contributed by atoms with Gasteiger partial charge in [0.25, 0.3) is 0 Å². The lowest BCUT2D eigenvalue weighted by Crippen LogP contribution is -2.00. The van der Waals surface area contributed by atoms with E-state index in [1.807, 2.05) is 6.07 Å². The average molecular weight is 308 g/mol. The molecule has 5 heteroatoms. The zero-order valence-electron chi connectivity index (χ0n) is 12.3. The van der Waals surface area contributed by atoms with Crippen LogP contribution in [0.1, 0.15) is 12.5 Å². The van der Waals surface area contributed by atoms with Crippen molar-refractivity contribution < 1.29 is 0 Å². The summed E-state index contributed by atoms with van der Waals surface area (Å²) < 4.78 is 4.39. The molecule has 0 amide bonds. The smallest absolute Gasteiger partial charge is 0.237 e. The quantitative estimate of drug-likeness (QED) is 0.537. The molecule has 0 saturated carbocycles. The number of fused-ring (bicyclic) bond motifs is 3. The third-order valence-corrected chi connectivity index (χ3v) is 4.54. The summed E-state index contributed by atoms with van der Waals surface area (Å²) in [6.07, 6.45) is 0. The second-order valence-electron chi connectivity index (χ2n) is 5.11. The average Bonchev–Trinajstić information content (AvgIpc) is 3.10. The molecule has 2 heterocycles. The van der Waals surface area contributed by atoms with Crippen LogP contribution < -0.4 is 0 Å². The Kier molecular flexibility index (Phi) is 3.35. The van der Waals surface area contributed by atoms with E-state index in [0.717, 1.165) is 28.7 Å². The van der Waals surface area contributed by atoms with Gasteiger partial charge in [-0.05, 0) is 23.4 Å². The fraction of sp³-hybridized carbons (Fsp3) is 0.176. The number of imidazole rings is 1. The van der Waals surface area contributed by atoms with E-state index in [1.165, 1.54) is 11.1 Å². The Balaban J connectivity index is 1.95. The van der Waals surface area contributed by atoms with Gasteiger partial charge >= 0.3 is 0 Å². The third kappa shape index (κ3) is 2.09. The topological polar surface area (TPSA) is 35.1 Å².